The molecule has 126 valence electrons. The van der Waals surface area contributed by atoms with Gasteiger partial charge in [-0.2, -0.15) is 0 Å². The zero-order chi connectivity index (χ0) is 16.6. The van der Waals surface area contributed by atoms with Gasteiger partial charge in [0.25, 0.3) is 0 Å². The van der Waals surface area contributed by atoms with Crippen LogP contribution in [0.2, 0.25) is 0 Å². The first-order valence-electron chi connectivity index (χ1n) is 8.55. The maximum Gasteiger partial charge on any atom is 0.314 e. The maximum absolute atomic E-state index is 11.9. The summed E-state index contributed by atoms with van der Waals surface area (Å²) >= 11 is 0. The zero-order valence-corrected chi connectivity index (χ0v) is 13.8. The van der Waals surface area contributed by atoms with E-state index in [1.165, 1.54) is 16.7 Å². The summed E-state index contributed by atoms with van der Waals surface area (Å²) in [6.45, 7) is 1.84. The first kappa shape index (κ1) is 16.5. The Hall–Kier alpha value is -2.33. The molecule has 2 amide bonds. The van der Waals surface area contributed by atoms with Crippen LogP contribution in [0.25, 0.3) is 0 Å². The van der Waals surface area contributed by atoms with Crippen LogP contribution >= 0.6 is 0 Å². The molecule has 0 saturated carbocycles. The lowest BCUT2D eigenvalue weighted by Crippen LogP contribution is -2.42. The van der Waals surface area contributed by atoms with E-state index in [0.717, 1.165) is 19.3 Å². The van der Waals surface area contributed by atoms with Crippen molar-refractivity contribution in [3.8, 4) is 0 Å². The topological polar surface area (TPSA) is 50.4 Å². The monoisotopic (exact) mass is 324 g/mol. The summed E-state index contributed by atoms with van der Waals surface area (Å²) in [4.78, 5) is 11.9. The minimum Gasteiger partial charge on any atom is -0.371 e. The highest BCUT2D eigenvalue weighted by atomic mass is 16.5. The summed E-state index contributed by atoms with van der Waals surface area (Å²) in [7, 11) is 0. The molecular formula is C20H24N2O2. The molecule has 0 bridgehead atoms. The average molecular weight is 324 g/mol. The molecule has 0 aliphatic carbocycles. The van der Waals surface area contributed by atoms with E-state index < -0.39 is 0 Å². The number of ether oxygens (including phenoxy) is 1. The Balaban J connectivity index is 1.32. The van der Waals surface area contributed by atoms with Crippen molar-refractivity contribution in [2.24, 2.45) is 0 Å². The smallest absolute Gasteiger partial charge is 0.314 e. The number of benzene rings is 2. The van der Waals surface area contributed by atoms with E-state index in [1.54, 1.807) is 0 Å². The van der Waals surface area contributed by atoms with E-state index in [2.05, 4.69) is 34.9 Å². The largest absolute Gasteiger partial charge is 0.371 e. The Bertz CT molecular complexity index is 658. The highest BCUT2D eigenvalue weighted by molar-refractivity contribution is 5.73. The number of urea groups is 1. The lowest BCUT2D eigenvalue weighted by atomic mass is 9.99. The van der Waals surface area contributed by atoms with Crippen molar-refractivity contribution in [2.45, 2.75) is 32.0 Å². The molecule has 1 aliphatic rings. The van der Waals surface area contributed by atoms with Crippen molar-refractivity contribution in [2.75, 3.05) is 13.1 Å². The molecule has 0 radical (unpaired) electrons. The van der Waals surface area contributed by atoms with Gasteiger partial charge < -0.3 is 15.4 Å². The van der Waals surface area contributed by atoms with Gasteiger partial charge in [-0.05, 0) is 29.5 Å². The molecule has 2 aromatic rings. The predicted molar refractivity (Wildman–Crippen MR) is 94.9 cm³/mol. The summed E-state index contributed by atoms with van der Waals surface area (Å²) in [5.74, 6) is 0. The summed E-state index contributed by atoms with van der Waals surface area (Å²) in [5.41, 5.74) is 3.87. The molecule has 0 spiro atoms. The number of rotatable bonds is 6. The van der Waals surface area contributed by atoms with Crippen LogP contribution in [0.4, 0.5) is 4.79 Å². The molecule has 1 atom stereocenters. The standard InChI is InChI=1S/C20H24N2O2/c23-20(21-12-6-9-16-7-2-1-3-8-16)22-14-19-13-17-10-4-5-11-18(17)15-24-19/h1-5,7-8,10-11,19H,6,9,12-15H2,(H2,21,22,23). The first-order chi connectivity index (χ1) is 11.8. The minimum absolute atomic E-state index is 0.0509. The third-order valence-electron chi connectivity index (χ3n) is 4.30. The fourth-order valence-electron chi connectivity index (χ4n) is 2.95. The normalized spacial score (nSPS) is 16.2. The fraction of sp³-hybridized carbons (Fsp3) is 0.350. The number of hydrogen-bond donors (Lipinski definition) is 2. The third-order valence-corrected chi connectivity index (χ3v) is 4.30. The summed E-state index contributed by atoms with van der Waals surface area (Å²) in [6.07, 6.45) is 2.81. The van der Waals surface area contributed by atoms with Gasteiger partial charge in [0.2, 0.25) is 0 Å². The van der Waals surface area contributed by atoms with Gasteiger partial charge in [-0.1, -0.05) is 54.6 Å². The fourth-order valence-corrected chi connectivity index (χ4v) is 2.95. The van der Waals surface area contributed by atoms with Gasteiger partial charge in [-0.25, -0.2) is 4.79 Å². The average Bonchev–Trinajstić information content (AvgIpc) is 2.64. The van der Waals surface area contributed by atoms with Gasteiger partial charge in [0.1, 0.15) is 0 Å². The van der Waals surface area contributed by atoms with Gasteiger partial charge >= 0.3 is 6.03 Å². The van der Waals surface area contributed by atoms with Crippen molar-refractivity contribution in [1.29, 1.82) is 0 Å². The molecule has 0 saturated heterocycles. The SMILES string of the molecule is O=C(NCCCc1ccccc1)NCC1Cc2ccccc2CO1. The third kappa shape index (κ3) is 4.83. The van der Waals surface area contributed by atoms with E-state index in [4.69, 9.17) is 4.74 Å². The summed E-state index contributed by atoms with van der Waals surface area (Å²) < 4.78 is 5.80. The molecular weight excluding hydrogens is 300 g/mol. The van der Waals surface area contributed by atoms with Crippen molar-refractivity contribution < 1.29 is 9.53 Å². The quantitative estimate of drug-likeness (QED) is 0.802. The number of carbonyl (C=O) groups excluding carboxylic acids is 1. The highest BCUT2D eigenvalue weighted by Crippen LogP contribution is 2.19. The second-order valence-electron chi connectivity index (χ2n) is 6.13. The molecule has 3 rings (SSSR count). The van der Waals surface area contributed by atoms with Crippen LogP contribution in [0.3, 0.4) is 0 Å². The highest BCUT2D eigenvalue weighted by Gasteiger charge is 2.19. The molecule has 1 unspecified atom stereocenters. The van der Waals surface area contributed by atoms with Crippen LogP contribution in [-0.4, -0.2) is 25.2 Å². The number of fused-ring (bicyclic) bond motifs is 1. The Morgan fingerprint density at radius 2 is 1.75 bits per heavy atom. The number of carbonyl (C=O) groups is 1. The van der Waals surface area contributed by atoms with Crippen LogP contribution in [0.1, 0.15) is 23.1 Å². The molecule has 0 aromatic heterocycles. The lowest BCUT2D eigenvalue weighted by molar-refractivity contribution is 0.0305. The van der Waals surface area contributed by atoms with Crippen molar-refractivity contribution in [1.82, 2.24) is 10.6 Å². The second-order valence-corrected chi connectivity index (χ2v) is 6.13. The molecule has 0 fully saturated rings. The number of aryl methyl sites for hydroxylation is 1. The van der Waals surface area contributed by atoms with E-state index >= 15 is 0 Å². The molecule has 4 heteroatoms. The van der Waals surface area contributed by atoms with Gasteiger partial charge in [0.05, 0.1) is 12.7 Å². The van der Waals surface area contributed by atoms with E-state index in [9.17, 15) is 4.79 Å². The van der Waals surface area contributed by atoms with Crippen molar-refractivity contribution in [3.63, 3.8) is 0 Å². The Labute approximate surface area is 143 Å². The zero-order valence-electron chi connectivity index (χ0n) is 13.8. The van der Waals surface area contributed by atoms with Gasteiger partial charge in [-0.15, -0.1) is 0 Å². The van der Waals surface area contributed by atoms with Crippen LogP contribution in [0.5, 0.6) is 0 Å². The van der Waals surface area contributed by atoms with Crippen molar-refractivity contribution >= 4 is 6.03 Å². The van der Waals surface area contributed by atoms with Gasteiger partial charge in [0.15, 0.2) is 0 Å². The van der Waals surface area contributed by atoms with Gasteiger partial charge in [0, 0.05) is 19.5 Å². The Morgan fingerprint density at radius 3 is 2.58 bits per heavy atom. The van der Waals surface area contributed by atoms with E-state index in [0.29, 0.717) is 19.7 Å². The Kier molecular flexibility index (Phi) is 5.85. The number of amides is 2. The molecule has 1 heterocycles. The first-order valence-corrected chi connectivity index (χ1v) is 8.55. The maximum atomic E-state index is 11.9. The summed E-state index contributed by atoms with van der Waals surface area (Å²) in [5, 5.41) is 5.81. The Morgan fingerprint density at radius 1 is 1.00 bits per heavy atom. The predicted octanol–water partition coefficient (Wildman–Crippen LogP) is 3.06. The van der Waals surface area contributed by atoms with Crippen LogP contribution in [-0.2, 0) is 24.2 Å². The molecule has 24 heavy (non-hydrogen) atoms. The molecule has 1 aliphatic heterocycles. The van der Waals surface area contributed by atoms with Crippen LogP contribution in [0, 0.1) is 0 Å². The minimum atomic E-state index is -0.120. The molecule has 2 N–H and O–H groups in total. The lowest BCUT2D eigenvalue weighted by Gasteiger charge is -2.25. The molecule has 2 aromatic carbocycles. The van der Waals surface area contributed by atoms with Crippen LogP contribution in [0.15, 0.2) is 54.6 Å². The number of nitrogens with one attached hydrogen (secondary N) is 2. The number of hydrogen-bond acceptors (Lipinski definition) is 2. The molecule has 4 nitrogen and oxygen atoms in total. The van der Waals surface area contributed by atoms with Crippen molar-refractivity contribution in [3.05, 3.63) is 71.3 Å². The van der Waals surface area contributed by atoms with Gasteiger partial charge in [-0.3, -0.25) is 0 Å². The van der Waals surface area contributed by atoms with E-state index in [-0.39, 0.29) is 12.1 Å². The van der Waals surface area contributed by atoms with E-state index in [1.807, 2.05) is 30.3 Å². The second kappa shape index (κ2) is 8.50. The summed E-state index contributed by atoms with van der Waals surface area (Å²) in [6, 6.07) is 18.5. The van der Waals surface area contributed by atoms with Crippen LogP contribution < -0.4 is 10.6 Å².